The molecule has 1 aromatic rings. The second-order valence-electron chi connectivity index (χ2n) is 8.59. The molecule has 0 saturated heterocycles. The quantitative estimate of drug-likeness (QED) is 0.835. The summed E-state index contributed by atoms with van der Waals surface area (Å²) in [5, 5.41) is 2.90. The number of hydrogen-bond acceptors (Lipinski definition) is 2. The molecule has 4 nitrogen and oxygen atoms in total. The van der Waals surface area contributed by atoms with Crippen LogP contribution in [0.25, 0.3) is 0 Å². The Morgan fingerprint density at radius 1 is 1.04 bits per heavy atom. The summed E-state index contributed by atoms with van der Waals surface area (Å²) in [4.78, 5) is 26.7. The van der Waals surface area contributed by atoms with E-state index in [9.17, 15) is 9.59 Å². The molecule has 134 valence electrons. The molecule has 0 spiro atoms. The van der Waals surface area contributed by atoms with Gasteiger partial charge in [-0.15, -0.1) is 0 Å². The summed E-state index contributed by atoms with van der Waals surface area (Å²) in [6, 6.07) is 9.69. The molecule has 0 radical (unpaired) electrons. The summed E-state index contributed by atoms with van der Waals surface area (Å²) in [6.07, 6.45) is 0.791. The number of benzene rings is 1. The van der Waals surface area contributed by atoms with Crippen LogP contribution < -0.4 is 5.32 Å². The molecule has 0 aliphatic carbocycles. The molecule has 1 rings (SSSR count). The molecule has 4 heteroatoms. The molecule has 0 aromatic heterocycles. The van der Waals surface area contributed by atoms with Gasteiger partial charge in [0, 0.05) is 18.1 Å². The van der Waals surface area contributed by atoms with E-state index >= 15 is 0 Å². The lowest BCUT2D eigenvalue weighted by atomic mass is 9.82. The molecular formula is C20H32N2O2. The van der Waals surface area contributed by atoms with Crippen LogP contribution in [0.4, 0.5) is 0 Å². The molecule has 0 saturated carbocycles. The van der Waals surface area contributed by atoms with E-state index in [0.717, 1.165) is 12.0 Å². The van der Waals surface area contributed by atoms with Crippen LogP contribution in [0.5, 0.6) is 0 Å². The third-order valence-electron chi connectivity index (χ3n) is 3.70. The van der Waals surface area contributed by atoms with Gasteiger partial charge in [-0.05, 0) is 45.1 Å². The fourth-order valence-electron chi connectivity index (χ4n) is 3.13. The SMILES string of the molecule is CC(C)N(Cc1ccccc1)C(=O)C(=O)NC(C)(C)CC(C)(C)C. The van der Waals surface area contributed by atoms with Crippen LogP contribution in [0.2, 0.25) is 0 Å². The standard InChI is InChI=1S/C20H32N2O2/c1-15(2)22(13-16-11-9-8-10-12-16)18(24)17(23)21-20(6,7)14-19(3,4)5/h8-12,15H,13-14H2,1-7H3,(H,21,23). The Bertz CT molecular complexity index is 557. The van der Waals surface area contributed by atoms with Crippen molar-refractivity contribution in [3.8, 4) is 0 Å². The molecular weight excluding hydrogens is 300 g/mol. The van der Waals surface area contributed by atoms with E-state index in [1.165, 1.54) is 0 Å². The average molecular weight is 332 g/mol. The number of carbonyl (C=O) groups is 2. The fourth-order valence-corrected chi connectivity index (χ4v) is 3.13. The maximum atomic E-state index is 12.6. The van der Waals surface area contributed by atoms with Gasteiger partial charge < -0.3 is 10.2 Å². The largest absolute Gasteiger partial charge is 0.343 e. The number of hydrogen-bond donors (Lipinski definition) is 1. The molecule has 0 atom stereocenters. The first kappa shape index (κ1) is 20.2. The van der Waals surface area contributed by atoms with Crippen molar-refractivity contribution in [1.29, 1.82) is 0 Å². The van der Waals surface area contributed by atoms with Gasteiger partial charge in [-0.2, -0.15) is 0 Å². The zero-order valence-corrected chi connectivity index (χ0v) is 16.1. The zero-order chi connectivity index (χ0) is 18.5. The molecule has 2 amide bonds. The van der Waals surface area contributed by atoms with E-state index in [-0.39, 0.29) is 11.5 Å². The van der Waals surface area contributed by atoms with Gasteiger partial charge >= 0.3 is 11.8 Å². The van der Waals surface area contributed by atoms with Crippen molar-refractivity contribution >= 4 is 11.8 Å². The molecule has 24 heavy (non-hydrogen) atoms. The van der Waals surface area contributed by atoms with Gasteiger partial charge in [-0.1, -0.05) is 51.1 Å². The van der Waals surface area contributed by atoms with Gasteiger partial charge in [0.2, 0.25) is 0 Å². The van der Waals surface area contributed by atoms with E-state index in [4.69, 9.17) is 0 Å². The van der Waals surface area contributed by atoms with Crippen LogP contribution in [0.3, 0.4) is 0 Å². The second-order valence-corrected chi connectivity index (χ2v) is 8.59. The number of rotatable bonds is 5. The second kappa shape index (κ2) is 7.82. The van der Waals surface area contributed by atoms with Crippen LogP contribution in [0.1, 0.15) is 60.5 Å². The Morgan fingerprint density at radius 3 is 2.04 bits per heavy atom. The van der Waals surface area contributed by atoms with Crippen molar-refractivity contribution in [2.75, 3.05) is 0 Å². The summed E-state index contributed by atoms with van der Waals surface area (Å²) < 4.78 is 0. The molecule has 1 aromatic carbocycles. The average Bonchev–Trinajstić information content (AvgIpc) is 2.41. The predicted molar refractivity (Wildman–Crippen MR) is 98.4 cm³/mol. The van der Waals surface area contributed by atoms with Crippen LogP contribution in [-0.2, 0) is 16.1 Å². The minimum atomic E-state index is -0.533. The van der Waals surface area contributed by atoms with Gasteiger partial charge in [-0.3, -0.25) is 9.59 Å². The summed E-state index contributed by atoms with van der Waals surface area (Å²) in [6.45, 7) is 14.6. The molecule has 0 bridgehead atoms. The maximum absolute atomic E-state index is 12.6. The monoisotopic (exact) mass is 332 g/mol. The lowest BCUT2D eigenvalue weighted by Crippen LogP contribution is -2.53. The third-order valence-corrected chi connectivity index (χ3v) is 3.70. The molecule has 0 unspecified atom stereocenters. The Balaban J connectivity index is 2.82. The highest BCUT2D eigenvalue weighted by Gasteiger charge is 2.31. The van der Waals surface area contributed by atoms with Gasteiger partial charge in [0.05, 0.1) is 0 Å². The molecule has 0 heterocycles. The van der Waals surface area contributed by atoms with Crippen LogP contribution in [0, 0.1) is 5.41 Å². The van der Waals surface area contributed by atoms with Gasteiger partial charge in [0.25, 0.3) is 0 Å². The van der Waals surface area contributed by atoms with Gasteiger partial charge in [-0.25, -0.2) is 0 Å². The van der Waals surface area contributed by atoms with Crippen molar-refractivity contribution in [3.63, 3.8) is 0 Å². The van der Waals surface area contributed by atoms with Crippen LogP contribution in [-0.4, -0.2) is 28.3 Å². The highest BCUT2D eigenvalue weighted by molar-refractivity contribution is 6.35. The Hall–Kier alpha value is -1.84. The van der Waals surface area contributed by atoms with Gasteiger partial charge in [0.15, 0.2) is 0 Å². The highest BCUT2D eigenvalue weighted by atomic mass is 16.2. The van der Waals surface area contributed by atoms with Crippen molar-refractivity contribution in [2.45, 2.75) is 73.0 Å². The minimum absolute atomic E-state index is 0.0471. The lowest BCUT2D eigenvalue weighted by molar-refractivity contribution is -0.148. The molecule has 0 aliphatic heterocycles. The van der Waals surface area contributed by atoms with E-state index in [0.29, 0.717) is 6.54 Å². The Labute approximate surface area is 146 Å². The number of nitrogens with one attached hydrogen (secondary N) is 1. The van der Waals surface area contributed by atoms with Crippen LogP contribution >= 0.6 is 0 Å². The fraction of sp³-hybridized carbons (Fsp3) is 0.600. The van der Waals surface area contributed by atoms with Crippen LogP contribution in [0.15, 0.2) is 30.3 Å². The number of nitrogens with zero attached hydrogens (tertiary/aromatic N) is 1. The number of amides is 2. The maximum Gasteiger partial charge on any atom is 0.312 e. The third kappa shape index (κ3) is 6.73. The van der Waals surface area contributed by atoms with E-state index in [2.05, 4.69) is 26.1 Å². The summed E-state index contributed by atoms with van der Waals surface area (Å²) in [5.74, 6) is -1.01. The first-order valence-corrected chi connectivity index (χ1v) is 8.58. The summed E-state index contributed by atoms with van der Waals surface area (Å²) in [5.41, 5.74) is 0.656. The molecule has 0 aliphatic rings. The van der Waals surface area contributed by atoms with Gasteiger partial charge in [0.1, 0.15) is 0 Å². The van der Waals surface area contributed by atoms with Crippen molar-refractivity contribution < 1.29 is 9.59 Å². The zero-order valence-electron chi connectivity index (χ0n) is 16.1. The Morgan fingerprint density at radius 2 is 1.58 bits per heavy atom. The minimum Gasteiger partial charge on any atom is -0.343 e. The topological polar surface area (TPSA) is 49.4 Å². The number of carbonyl (C=O) groups excluding carboxylic acids is 2. The summed E-state index contributed by atoms with van der Waals surface area (Å²) in [7, 11) is 0. The van der Waals surface area contributed by atoms with E-state index in [1.54, 1.807) is 4.90 Å². The molecule has 0 fully saturated rings. The normalized spacial score (nSPS) is 12.2. The van der Waals surface area contributed by atoms with E-state index < -0.39 is 17.4 Å². The van der Waals surface area contributed by atoms with Crippen molar-refractivity contribution in [3.05, 3.63) is 35.9 Å². The first-order valence-electron chi connectivity index (χ1n) is 8.58. The summed E-state index contributed by atoms with van der Waals surface area (Å²) >= 11 is 0. The predicted octanol–water partition coefficient (Wildman–Crippen LogP) is 3.75. The smallest absolute Gasteiger partial charge is 0.312 e. The van der Waals surface area contributed by atoms with Crippen molar-refractivity contribution in [2.24, 2.45) is 5.41 Å². The lowest BCUT2D eigenvalue weighted by Gasteiger charge is -2.34. The highest BCUT2D eigenvalue weighted by Crippen LogP contribution is 2.26. The first-order chi connectivity index (χ1) is 10.9. The van der Waals surface area contributed by atoms with Crippen molar-refractivity contribution in [1.82, 2.24) is 10.2 Å². The Kier molecular flexibility index (Phi) is 6.58. The van der Waals surface area contributed by atoms with E-state index in [1.807, 2.05) is 58.0 Å². The molecule has 1 N–H and O–H groups in total.